The highest BCUT2D eigenvalue weighted by Gasteiger charge is 2.55. The standard InChI is InChI=1S/C15H26N2O4/c1-14(2,3)21-13(19)17-10-15(5-6-15)9-11(17)12(18)16-7-8-20-4/h11H,5-10H2,1-4H3,(H,16,18)/t11-/m0/s1. The minimum atomic E-state index is -0.548. The first kappa shape index (κ1) is 16.1. The van der Waals surface area contributed by atoms with Crippen LogP contribution in [0.5, 0.6) is 0 Å². The first-order chi connectivity index (χ1) is 9.76. The van der Waals surface area contributed by atoms with Crippen molar-refractivity contribution >= 4 is 12.0 Å². The predicted octanol–water partition coefficient (Wildman–Crippen LogP) is 1.54. The fourth-order valence-electron chi connectivity index (χ4n) is 2.74. The van der Waals surface area contributed by atoms with Crippen molar-refractivity contribution in [1.82, 2.24) is 10.2 Å². The first-order valence-corrected chi connectivity index (χ1v) is 7.53. The summed E-state index contributed by atoms with van der Waals surface area (Å²) in [5.74, 6) is -0.110. The van der Waals surface area contributed by atoms with Crippen molar-refractivity contribution in [3.05, 3.63) is 0 Å². The molecule has 0 unspecified atom stereocenters. The van der Waals surface area contributed by atoms with Crippen LogP contribution >= 0.6 is 0 Å². The van der Waals surface area contributed by atoms with Crippen LogP contribution < -0.4 is 5.32 Å². The van der Waals surface area contributed by atoms with Crippen LogP contribution in [0.15, 0.2) is 0 Å². The Bertz CT molecular complexity index is 412. The predicted molar refractivity (Wildman–Crippen MR) is 77.9 cm³/mol. The zero-order valence-electron chi connectivity index (χ0n) is 13.4. The lowest BCUT2D eigenvalue weighted by molar-refractivity contribution is -0.125. The van der Waals surface area contributed by atoms with Gasteiger partial charge in [0, 0.05) is 20.2 Å². The van der Waals surface area contributed by atoms with Crippen LogP contribution in [0.25, 0.3) is 0 Å². The number of rotatable bonds is 4. The summed E-state index contributed by atoms with van der Waals surface area (Å²) in [6, 6.07) is -0.417. The Kier molecular flexibility index (Phi) is 4.46. The molecule has 1 spiro atoms. The zero-order valence-corrected chi connectivity index (χ0v) is 13.4. The summed E-state index contributed by atoms with van der Waals surface area (Å²) in [5, 5.41) is 2.83. The molecule has 21 heavy (non-hydrogen) atoms. The van der Waals surface area contributed by atoms with E-state index >= 15 is 0 Å². The fourth-order valence-corrected chi connectivity index (χ4v) is 2.74. The van der Waals surface area contributed by atoms with Gasteiger partial charge in [0.15, 0.2) is 0 Å². The molecule has 0 aromatic carbocycles. The quantitative estimate of drug-likeness (QED) is 0.799. The van der Waals surface area contributed by atoms with E-state index in [1.165, 1.54) is 0 Å². The van der Waals surface area contributed by atoms with Gasteiger partial charge in [-0.2, -0.15) is 0 Å². The Labute approximate surface area is 126 Å². The summed E-state index contributed by atoms with van der Waals surface area (Å²) in [6.45, 7) is 7.06. The molecule has 1 saturated carbocycles. The van der Waals surface area contributed by atoms with Crippen molar-refractivity contribution < 1.29 is 19.1 Å². The van der Waals surface area contributed by atoms with Crippen molar-refractivity contribution in [3.8, 4) is 0 Å². The minimum absolute atomic E-state index is 0.110. The molecule has 0 bridgehead atoms. The van der Waals surface area contributed by atoms with Crippen LogP contribution in [0, 0.1) is 5.41 Å². The summed E-state index contributed by atoms with van der Waals surface area (Å²) in [4.78, 5) is 26.2. The van der Waals surface area contributed by atoms with Crippen molar-refractivity contribution in [2.45, 2.75) is 51.7 Å². The van der Waals surface area contributed by atoms with Gasteiger partial charge in [-0.1, -0.05) is 0 Å². The number of carbonyl (C=O) groups is 2. The third kappa shape index (κ3) is 4.09. The van der Waals surface area contributed by atoms with E-state index in [9.17, 15) is 9.59 Å². The molecule has 0 radical (unpaired) electrons. The molecule has 0 aromatic rings. The van der Waals surface area contributed by atoms with E-state index in [4.69, 9.17) is 9.47 Å². The van der Waals surface area contributed by atoms with Crippen LogP contribution in [-0.4, -0.2) is 55.3 Å². The molecule has 1 atom stereocenters. The highest BCUT2D eigenvalue weighted by Crippen LogP contribution is 2.55. The Morgan fingerprint density at radius 3 is 2.52 bits per heavy atom. The van der Waals surface area contributed by atoms with Crippen molar-refractivity contribution in [1.29, 1.82) is 0 Å². The van der Waals surface area contributed by atoms with Crippen LogP contribution in [0.1, 0.15) is 40.0 Å². The molecule has 0 aromatic heterocycles. The average Bonchev–Trinajstić information content (AvgIpc) is 2.98. The normalized spacial score (nSPS) is 23.2. The van der Waals surface area contributed by atoms with Gasteiger partial charge in [0.2, 0.25) is 5.91 Å². The highest BCUT2D eigenvalue weighted by atomic mass is 16.6. The number of nitrogens with one attached hydrogen (secondary N) is 1. The van der Waals surface area contributed by atoms with E-state index in [0.29, 0.717) is 19.7 Å². The van der Waals surface area contributed by atoms with E-state index in [0.717, 1.165) is 19.3 Å². The molecule has 6 heteroatoms. The van der Waals surface area contributed by atoms with Gasteiger partial charge in [0.05, 0.1) is 6.61 Å². The van der Waals surface area contributed by atoms with E-state index < -0.39 is 17.7 Å². The smallest absolute Gasteiger partial charge is 0.410 e. The zero-order chi connectivity index (χ0) is 15.7. The van der Waals surface area contributed by atoms with E-state index in [2.05, 4.69) is 5.32 Å². The summed E-state index contributed by atoms with van der Waals surface area (Å²) < 4.78 is 10.4. The Morgan fingerprint density at radius 2 is 2.00 bits per heavy atom. The fraction of sp³-hybridized carbons (Fsp3) is 0.867. The van der Waals surface area contributed by atoms with Gasteiger partial charge in [-0.3, -0.25) is 9.69 Å². The van der Waals surface area contributed by atoms with Gasteiger partial charge in [-0.05, 0) is 45.4 Å². The number of amides is 2. The van der Waals surface area contributed by atoms with Crippen molar-refractivity contribution in [3.63, 3.8) is 0 Å². The number of ether oxygens (including phenoxy) is 2. The van der Waals surface area contributed by atoms with Gasteiger partial charge in [0.1, 0.15) is 11.6 Å². The largest absolute Gasteiger partial charge is 0.444 e. The Balaban J connectivity index is 1.99. The molecule has 1 N–H and O–H groups in total. The van der Waals surface area contributed by atoms with Gasteiger partial charge in [-0.15, -0.1) is 0 Å². The monoisotopic (exact) mass is 298 g/mol. The number of likely N-dealkylation sites (tertiary alicyclic amines) is 1. The SMILES string of the molecule is COCCNC(=O)[C@@H]1CC2(CC2)CN1C(=O)OC(C)(C)C. The third-order valence-corrected chi connectivity index (χ3v) is 4.00. The molecule has 2 rings (SSSR count). The average molecular weight is 298 g/mol. The maximum atomic E-state index is 12.3. The molecule has 1 aliphatic carbocycles. The van der Waals surface area contributed by atoms with Crippen LogP contribution in [0.3, 0.4) is 0 Å². The molecule has 6 nitrogen and oxygen atoms in total. The molecule has 1 saturated heterocycles. The van der Waals surface area contributed by atoms with Crippen molar-refractivity contribution in [2.24, 2.45) is 5.41 Å². The van der Waals surface area contributed by atoms with E-state index in [1.54, 1.807) is 12.0 Å². The van der Waals surface area contributed by atoms with Gasteiger partial charge >= 0.3 is 6.09 Å². The second-order valence-corrected chi connectivity index (χ2v) is 7.11. The summed E-state index contributed by atoms with van der Waals surface area (Å²) in [7, 11) is 1.59. The van der Waals surface area contributed by atoms with Crippen LogP contribution in [0.4, 0.5) is 4.79 Å². The van der Waals surface area contributed by atoms with Gasteiger partial charge < -0.3 is 14.8 Å². The number of hydrogen-bond acceptors (Lipinski definition) is 4. The lowest BCUT2D eigenvalue weighted by atomic mass is 10.0. The molecule has 1 aliphatic heterocycles. The van der Waals surface area contributed by atoms with Crippen molar-refractivity contribution in [2.75, 3.05) is 26.8 Å². The maximum Gasteiger partial charge on any atom is 0.410 e. The second-order valence-electron chi connectivity index (χ2n) is 7.11. The topological polar surface area (TPSA) is 67.9 Å². The number of methoxy groups -OCH3 is 1. The summed E-state index contributed by atoms with van der Waals surface area (Å²) in [6.07, 6.45) is 2.53. The van der Waals surface area contributed by atoms with E-state index in [1.807, 2.05) is 20.8 Å². The maximum absolute atomic E-state index is 12.3. The molecule has 120 valence electrons. The Hall–Kier alpha value is -1.30. The van der Waals surface area contributed by atoms with E-state index in [-0.39, 0.29) is 11.3 Å². The number of hydrogen-bond donors (Lipinski definition) is 1. The number of carbonyl (C=O) groups excluding carboxylic acids is 2. The van der Waals surface area contributed by atoms with Crippen LogP contribution in [-0.2, 0) is 14.3 Å². The van der Waals surface area contributed by atoms with Gasteiger partial charge in [0.25, 0.3) is 0 Å². The molecule has 1 heterocycles. The molecular weight excluding hydrogens is 272 g/mol. The molecule has 2 fully saturated rings. The third-order valence-electron chi connectivity index (χ3n) is 4.00. The van der Waals surface area contributed by atoms with Gasteiger partial charge in [-0.25, -0.2) is 4.79 Å². The lowest BCUT2D eigenvalue weighted by Crippen LogP contribution is -2.48. The summed E-state index contributed by atoms with van der Waals surface area (Å²) in [5.41, 5.74) is -0.395. The molecular formula is C15H26N2O4. The minimum Gasteiger partial charge on any atom is -0.444 e. The molecule has 2 amide bonds. The molecule has 2 aliphatic rings. The second kappa shape index (κ2) is 5.83. The lowest BCUT2D eigenvalue weighted by Gasteiger charge is -2.28. The first-order valence-electron chi connectivity index (χ1n) is 7.53. The Morgan fingerprint density at radius 1 is 1.33 bits per heavy atom. The summed E-state index contributed by atoms with van der Waals surface area (Å²) >= 11 is 0. The number of nitrogens with zero attached hydrogens (tertiary/aromatic N) is 1. The highest BCUT2D eigenvalue weighted by molar-refractivity contribution is 5.86. The van der Waals surface area contributed by atoms with Crippen LogP contribution in [0.2, 0.25) is 0 Å².